The molecule has 3 aromatic carbocycles. The molecule has 4 N–H and O–H groups in total. The first-order chi connectivity index (χ1) is 17.2. The van der Waals surface area contributed by atoms with Crippen LogP contribution in [0.1, 0.15) is 24.0 Å². The number of hydrogen-bond acceptors (Lipinski definition) is 6. The largest absolute Gasteiger partial charge is 0.465 e. The second kappa shape index (κ2) is 11.1. The number of sulfonamides is 1. The van der Waals surface area contributed by atoms with Crippen molar-refractivity contribution in [1.82, 2.24) is 14.9 Å². The number of hydrogen-bond donors (Lipinski definition) is 4. The van der Waals surface area contributed by atoms with Crippen LogP contribution in [0.4, 0.5) is 4.79 Å². The molecule has 9 nitrogen and oxygen atoms in total. The van der Waals surface area contributed by atoms with Crippen LogP contribution in [0.2, 0.25) is 0 Å². The quantitative estimate of drug-likeness (QED) is 0.366. The average Bonchev–Trinajstić information content (AvgIpc) is 2.87. The lowest BCUT2D eigenvalue weighted by molar-refractivity contribution is -0.0351. The van der Waals surface area contributed by atoms with Crippen molar-refractivity contribution in [2.75, 3.05) is 13.1 Å². The van der Waals surface area contributed by atoms with E-state index < -0.39 is 28.4 Å². The van der Waals surface area contributed by atoms with Crippen LogP contribution in [0.15, 0.2) is 71.6 Å². The molecule has 4 rings (SSSR count). The van der Waals surface area contributed by atoms with Crippen LogP contribution in [0.3, 0.4) is 0 Å². The first-order valence-corrected chi connectivity index (χ1v) is 13.2. The number of carbonyl (C=O) groups is 1. The number of likely N-dealkylation sites (tertiary alicyclic amines) is 1. The van der Waals surface area contributed by atoms with Gasteiger partial charge in [0, 0.05) is 19.1 Å². The zero-order valence-electron chi connectivity index (χ0n) is 19.5. The number of carboxylic acid groups (broad SMARTS) is 1. The van der Waals surface area contributed by atoms with Crippen LogP contribution >= 0.6 is 0 Å². The third-order valence-electron chi connectivity index (χ3n) is 6.36. The van der Waals surface area contributed by atoms with E-state index in [9.17, 15) is 23.6 Å². The molecule has 1 heterocycles. The second-order valence-electron chi connectivity index (χ2n) is 8.95. The first kappa shape index (κ1) is 25.6. The number of amides is 1. The second-order valence-corrected chi connectivity index (χ2v) is 10.7. The molecule has 0 radical (unpaired) electrons. The molecule has 1 aliphatic rings. The molecule has 0 bridgehead atoms. The van der Waals surface area contributed by atoms with Gasteiger partial charge in [0.05, 0.1) is 22.6 Å². The first-order valence-electron chi connectivity index (χ1n) is 11.7. The third-order valence-corrected chi connectivity index (χ3v) is 7.85. The van der Waals surface area contributed by atoms with Gasteiger partial charge in [-0.05, 0) is 59.9 Å². The number of nitrogens with zero attached hydrogens (tertiary/aromatic N) is 2. The Morgan fingerprint density at radius 1 is 1.11 bits per heavy atom. The van der Waals surface area contributed by atoms with Gasteiger partial charge >= 0.3 is 6.09 Å². The van der Waals surface area contributed by atoms with Crippen molar-refractivity contribution in [3.05, 3.63) is 77.9 Å². The Kier molecular flexibility index (Phi) is 7.86. The van der Waals surface area contributed by atoms with Crippen molar-refractivity contribution in [3.63, 3.8) is 0 Å². The molecule has 1 amide bonds. The van der Waals surface area contributed by atoms with Crippen LogP contribution in [-0.2, 0) is 16.4 Å². The van der Waals surface area contributed by atoms with E-state index >= 15 is 0 Å². The number of aliphatic hydroxyl groups is 1. The van der Waals surface area contributed by atoms with Gasteiger partial charge in [0.15, 0.2) is 0 Å². The summed E-state index contributed by atoms with van der Waals surface area (Å²) in [5, 5.41) is 33.8. The molecular weight excluding hydrogens is 480 g/mol. The predicted octanol–water partition coefficient (Wildman–Crippen LogP) is 2.65. The van der Waals surface area contributed by atoms with Crippen molar-refractivity contribution in [1.29, 1.82) is 5.26 Å². The molecule has 0 saturated carbocycles. The lowest BCUT2D eigenvalue weighted by Crippen LogP contribution is -2.57. The summed E-state index contributed by atoms with van der Waals surface area (Å²) in [5.74, 6) is 0. The summed E-state index contributed by atoms with van der Waals surface area (Å²) in [6.45, 7) is 0.741. The Bertz CT molecular complexity index is 1390. The minimum atomic E-state index is -4.01. The molecule has 10 heteroatoms. The van der Waals surface area contributed by atoms with Gasteiger partial charge in [0.1, 0.15) is 6.23 Å². The fourth-order valence-corrected chi connectivity index (χ4v) is 5.89. The van der Waals surface area contributed by atoms with Gasteiger partial charge in [0.25, 0.3) is 0 Å². The number of benzene rings is 3. The number of aliphatic hydroxyl groups excluding tert-OH is 1. The van der Waals surface area contributed by atoms with Gasteiger partial charge in [-0.1, -0.05) is 42.5 Å². The van der Waals surface area contributed by atoms with E-state index in [0.717, 1.165) is 10.8 Å². The Balaban J connectivity index is 1.62. The molecule has 1 saturated heterocycles. The summed E-state index contributed by atoms with van der Waals surface area (Å²) in [6.07, 6.45) is -0.942. The minimum absolute atomic E-state index is 0.0771. The molecule has 36 heavy (non-hydrogen) atoms. The van der Waals surface area contributed by atoms with Gasteiger partial charge in [0.2, 0.25) is 10.0 Å². The van der Waals surface area contributed by atoms with Crippen LogP contribution in [0.5, 0.6) is 0 Å². The normalized spacial score (nSPS) is 18.3. The van der Waals surface area contributed by atoms with Crippen LogP contribution in [0.25, 0.3) is 10.8 Å². The standard InChI is InChI=1S/C26H28N4O5S/c27-16-19-6-3-5-18(13-19)14-24(25(31)30-12-4-9-22(17-30)28-26(32)33)29-36(34,35)23-11-10-20-7-1-2-8-21(20)15-23/h1-3,5-8,10-11,13,15,22,24-25,28-29,31H,4,9,12,14,17H2,(H,32,33)/t22-,24+,25?/m1/s1. The lowest BCUT2D eigenvalue weighted by atomic mass is 10.0. The van der Waals surface area contributed by atoms with Crippen molar-refractivity contribution in [2.24, 2.45) is 0 Å². The highest BCUT2D eigenvalue weighted by atomic mass is 32.2. The topological polar surface area (TPSA) is 143 Å². The van der Waals surface area contributed by atoms with E-state index in [-0.39, 0.29) is 23.9 Å². The van der Waals surface area contributed by atoms with E-state index in [1.807, 2.05) is 24.3 Å². The molecule has 1 unspecified atom stereocenters. The lowest BCUT2D eigenvalue weighted by Gasteiger charge is -2.39. The molecule has 3 aromatic rings. The zero-order chi connectivity index (χ0) is 25.7. The van der Waals surface area contributed by atoms with Gasteiger partial charge < -0.3 is 15.5 Å². The zero-order valence-corrected chi connectivity index (χ0v) is 20.4. The van der Waals surface area contributed by atoms with Crippen molar-refractivity contribution >= 4 is 26.9 Å². The minimum Gasteiger partial charge on any atom is -0.465 e. The van der Waals surface area contributed by atoms with Crippen LogP contribution in [-0.4, -0.2) is 61.0 Å². The molecule has 0 aliphatic carbocycles. The Morgan fingerprint density at radius 3 is 2.64 bits per heavy atom. The van der Waals surface area contributed by atoms with Gasteiger partial charge in [-0.25, -0.2) is 17.9 Å². The summed E-state index contributed by atoms with van der Waals surface area (Å²) in [6, 6.07) is 19.8. The Labute approximate surface area is 210 Å². The number of fused-ring (bicyclic) bond motifs is 1. The van der Waals surface area contributed by atoms with E-state index in [1.54, 1.807) is 41.3 Å². The van der Waals surface area contributed by atoms with E-state index in [2.05, 4.69) is 16.1 Å². The fourth-order valence-electron chi connectivity index (χ4n) is 4.63. The molecular formula is C26H28N4O5S. The van der Waals surface area contributed by atoms with Crippen LogP contribution in [0, 0.1) is 11.3 Å². The average molecular weight is 509 g/mol. The number of nitriles is 1. The number of piperidine rings is 1. The highest BCUT2D eigenvalue weighted by molar-refractivity contribution is 7.89. The highest BCUT2D eigenvalue weighted by Crippen LogP contribution is 2.22. The smallest absolute Gasteiger partial charge is 0.404 e. The Morgan fingerprint density at radius 2 is 1.89 bits per heavy atom. The molecule has 3 atom stereocenters. The van der Waals surface area contributed by atoms with Crippen LogP contribution < -0.4 is 10.0 Å². The maximum absolute atomic E-state index is 13.4. The van der Waals surface area contributed by atoms with E-state index in [4.69, 9.17) is 5.11 Å². The summed E-state index contributed by atoms with van der Waals surface area (Å²) in [7, 11) is -4.01. The summed E-state index contributed by atoms with van der Waals surface area (Å²) >= 11 is 0. The summed E-state index contributed by atoms with van der Waals surface area (Å²) in [4.78, 5) is 12.9. The summed E-state index contributed by atoms with van der Waals surface area (Å²) < 4.78 is 29.5. The van der Waals surface area contributed by atoms with Gasteiger partial charge in [-0.3, -0.25) is 4.90 Å². The Hall–Kier alpha value is -3.49. The van der Waals surface area contributed by atoms with Gasteiger partial charge in [-0.2, -0.15) is 5.26 Å². The maximum atomic E-state index is 13.4. The van der Waals surface area contributed by atoms with Gasteiger partial charge in [-0.15, -0.1) is 0 Å². The van der Waals surface area contributed by atoms with E-state index in [1.165, 1.54) is 6.07 Å². The third kappa shape index (κ3) is 6.19. The summed E-state index contributed by atoms with van der Waals surface area (Å²) in [5.41, 5.74) is 1.12. The number of rotatable bonds is 8. The fraction of sp³-hybridized carbons (Fsp3) is 0.308. The van der Waals surface area contributed by atoms with Crippen molar-refractivity contribution in [2.45, 2.75) is 42.5 Å². The molecule has 0 spiro atoms. The molecule has 188 valence electrons. The van der Waals surface area contributed by atoms with Crippen molar-refractivity contribution in [3.8, 4) is 6.07 Å². The molecule has 1 aliphatic heterocycles. The predicted molar refractivity (Wildman–Crippen MR) is 135 cm³/mol. The SMILES string of the molecule is N#Cc1cccc(C[C@H](NS(=O)(=O)c2ccc3ccccc3c2)C(O)N2CCC[C@@H](NC(=O)O)C2)c1. The van der Waals surface area contributed by atoms with E-state index in [0.29, 0.717) is 30.5 Å². The highest BCUT2D eigenvalue weighted by Gasteiger charge is 2.33. The number of nitrogens with one attached hydrogen (secondary N) is 2. The molecule has 1 fully saturated rings. The monoisotopic (exact) mass is 508 g/mol. The maximum Gasteiger partial charge on any atom is 0.404 e. The molecule has 0 aromatic heterocycles. The van der Waals surface area contributed by atoms with Crippen molar-refractivity contribution < 1.29 is 23.4 Å².